The van der Waals surface area contributed by atoms with Crippen LogP contribution in [0.5, 0.6) is 0 Å². The summed E-state index contributed by atoms with van der Waals surface area (Å²) in [6.45, 7) is 4.34. The largest absolute Gasteiger partial charge is 0.322 e. The molecule has 1 aliphatic heterocycles. The molecule has 2 heterocycles. The minimum absolute atomic E-state index is 0.113. The van der Waals surface area contributed by atoms with Crippen molar-refractivity contribution in [2.24, 2.45) is 0 Å². The van der Waals surface area contributed by atoms with Crippen molar-refractivity contribution in [2.75, 3.05) is 10.2 Å². The summed E-state index contributed by atoms with van der Waals surface area (Å²) in [7, 11) is 0. The number of para-hydroxylation sites is 2. The van der Waals surface area contributed by atoms with Gasteiger partial charge < -0.3 is 14.8 Å². The fourth-order valence-corrected chi connectivity index (χ4v) is 4.46. The van der Waals surface area contributed by atoms with Gasteiger partial charge in [-0.15, -0.1) is 0 Å². The maximum Gasteiger partial charge on any atom is 0.258 e. The van der Waals surface area contributed by atoms with Gasteiger partial charge in [0.2, 0.25) is 0 Å². The van der Waals surface area contributed by atoms with Crippen LogP contribution >= 0.6 is 11.6 Å². The Bertz CT molecular complexity index is 1390. The quantitative estimate of drug-likeness (QED) is 0.402. The molecule has 33 heavy (non-hydrogen) atoms. The topological polar surface area (TPSA) is 54.3 Å². The lowest BCUT2D eigenvalue weighted by Crippen LogP contribution is -2.35. The van der Waals surface area contributed by atoms with Crippen molar-refractivity contribution < 1.29 is 9.59 Å². The molecule has 164 valence electrons. The van der Waals surface area contributed by atoms with Gasteiger partial charge in [0.05, 0.1) is 17.9 Å². The third kappa shape index (κ3) is 3.70. The van der Waals surface area contributed by atoms with Crippen LogP contribution < -0.4 is 10.2 Å². The summed E-state index contributed by atoms with van der Waals surface area (Å²) in [5.41, 5.74) is 6.47. The molecule has 1 aliphatic rings. The van der Waals surface area contributed by atoms with E-state index in [9.17, 15) is 9.59 Å². The van der Waals surface area contributed by atoms with Gasteiger partial charge in [0, 0.05) is 22.5 Å². The second-order valence-corrected chi connectivity index (χ2v) is 8.53. The summed E-state index contributed by atoms with van der Waals surface area (Å²) in [6, 6.07) is 24.2. The highest BCUT2D eigenvalue weighted by atomic mass is 35.5. The zero-order valence-corrected chi connectivity index (χ0v) is 19.1. The standard InChI is InChI=1S/C27H22ClN3O2/c1-17-6-5-7-22(18(17)2)26(32)29-20-12-10-19(11-13-20)27(33)30-16-21-14-15-25(28)31(21)24-9-4-3-8-23(24)30/h3-15H,16H2,1-2H3,(H,29,32). The molecule has 0 bridgehead atoms. The van der Waals surface area contributed by atoms with Crippen molar-refractivity contribution in [1.29, 1.82) is 0 Å². The molecule has 0 saturated carbocycles. The summed E-state index contributed by atoms with van der Waals surface area (Å²) < 4.78 is 1.96. The van der Waals surface area contributed by atoms with Crippen LogP contribution in [-0.2, 0) is 6.54 Å². The zero-order chi connectivity index (χ0) is 23.1. The van der Waals surface area contributed by atoms with Crippen LogP contribution in [-0.4, -0.2) is 16.4 Å². The molecule has 6 heteroatoms. The van der Waals surface area contributed by atoms with Crippen molar-refractivity contribution in [1.82, 2.24) is 4.57 Å². The lowest BCUT2D eigenvalue weighted by atomic mass is 10.0. The molecule has 1 aromatic heterocycles. The van der Waals surface area contributed by atoms with Crippen LogP contribution in [0.3, 0.4) is 0 Å². The van der Waals surface area contributed by atoms with Gasteiger partial charge in [-0.2, -0.15) is 0 Å². The Kier molecular flexibility index (Phi) is 5.27. The molecular weight excluding hydrogens is 434 g/mol. The predicted octanol–water partition coefficient (Wildman–Crippen LogP) is 6.16. The van der Waals surface area contributed by atoms with Crippen molar-refractivity contribution in [3.63, 3.8) is 0 Å². The van der Waals surface area contributed by atoms with E-state index in [2.05, 4.69) is 5.32 Å². The number of fused-ring (bicyclic) bond motifs is 3. The van der Waals surface area contributed by atoms with E-state index in [1.54, 1.807) is 29.2 Å². The van der Waals surface area contributed by atoms with Crippen LogP contribution in [0.1, 0.15) is 37.5 Å². The number of nitrogens with zero attached hydrogens (tertiary/aromatic N) is 2. The Hall–Kier alpha value is -3.83. The van der Waals surface area contributed by atoms with E-state index in [1.807, 2.05) is 73.0 Å². The number of hydrogen-bond acceptors (Lipinski definition) is 2. The number of amides is 2. The molecule has 0 atom stereocenters. The number of rotatable bonds is 3. The minimum atomic E-state index is -0.169. The smallest absolute Gasteiger partial charge is 0.258 e. The number of halogens is 1. The van der Waals surface area contributed by atoms with E-state index in [-0.39, 0.29) is 11.8 Å². The van der Waals surface area contributed by atoms with Gasteiger partial charge in [0.1, 0.15) is 5.15 Å². The van der Waals surface area contributed by atoms with E-state index in [0.717, 1.165) is 28.2 Å². The van der Waals surface area contributed by atoms with E-state index in [4.69, 9.17) is 11.6 Å². The normalized spacial score (nSPS) is 12.2. The molecule has 3 aromatic carbocycles. The van der Waals surface area contributed by atoms with Gasteiger partial charge in [0.25, 0.3) is 11.8 Å². The Balaban J connectivity index is 1.38. The number of hydrogen-bond donors (Lipinski definition) is 1. The first-order valence-electron chi connectivity index (χ1n) is 10.7. The zero-order valence-electron chi connectivity index (χ0n) is 18.3. The van der Waals surface area contributed by atoms with Gasteiger partial charge >= 0.3 is 0 Å². The van der Waals surface area contributed by atoms with E-state index >= 15 is 0 Å². The van der Waals surface area contributed by atoms with Gasteiger partial charge in [-0.05, 0) is 79.6 Å². The van der Waals surface area contributed by atoms with Crippen molar-refractivity contribution in [2.45, 2.75) is 20.4 Å². The molecule has 0 radical (unpaired) electrons. The summed E-state index contributed by atoms with van der Waals surface area (Å²) in [5, 5.41) is 3.54. The van der Waals surface area contributed by atoms with Crippen LogP contribution in [0.4, 0.5) is 11.4 Å². The monoisotopic (exact) mass is 455 g/mol. The number of nitrogens with one attached hydrogen (secondary N) is 1. The molecule has 4 aromatic rings. The fraction of sp³-hybridized carbons (Fsp3) is 0.111. The highest BCUT2D eigenvalue weighted by Gasteiger charge is 2.28. The lowest BCUT2D eigenvalue weighted by Gasteiger charge is -2.31. The molecule has 5 nitrogen and oxygen atoms in total. The van der Waals surface area contributed by atoms with E-state index < -0.39 is 0 Å². The Morgan fingerprint density at radius 1 is 0.848 bits per heavy atom. The number of anilines is 2. The van der Waals surface area contributed by atoms with Gasteiger partial charge in [-0.3, -0.25) is 9.59 Å². The summed E-state index contributed by atoms with van der Waals surface area (Å²) in [6.07, 6.45) is 0. The fourth-order valence-electron chi connectivity index (χ4n) is 4.20. The van der Waals surface area contributed by atoms with Crippen molar-refractivity contribution in [3.05, 3.63) is 112 Å². The Labute approximate surface area is 197 Å². The molecule has 0 saturated heterocycles. The van der Waals surface area contributed by atoms with E-state index in [1.165, 1.54) is 0 Å². The number of carbonyl (C=O) groups is 2. The van der Waals surface area contributed by atoms with Crippen LogP contribution in [0.2, 0.25) is 5.15 Å². The number of benzene rings is 3. The third-order valence-corrected chi connectivity index (χ3v) is 6.43. The third-order valence-electron chi connectivity index (χ3n) is 6.13. The molecule has 5 rings (SSSR count). The average Bonchev–Trinajstić information content (AvgIpc) is 3.21. The first-order valence-corrected chi connectivity index (χ1v) is 11.1. The van der Waals surface area contributed by atoms with Gasteiger partial charge in [-0.25, -0.2) is 0 Å². The van der Waals surface area contributed by atoms with Gasteiger partial charge in [0.15, 0.2) is 0 Å². The van der Waals surface area contributed by atoms with Gasteiger partial charge in [-0.1, -0.05) is 35.9 Å². The van der Waals surface area contributed by atoms with Crippen LogP contribution in [0.25, 0.3) is 5.69 Å². The number of carbonyl (C=O) groups excluding carboxylic acids is 2. The first-order chi connectivity index (χ1) is 15.9. The average molecular weight is 456 g/mol. The molecule has 1 N–H and O–H groups in total. The minimum Gasteiger partial charge on any atom is -0.322 e. The second kappa shape index (κ2) is 8.26. The molecule has 0 fully saturated rings. The second-order valence-electron chi connectivity index (χ2n) is 8.14. The van der Waals surface area contributed by atoms with Crippen molar-refractivity contribution in [3.8, 4) is 5.69 Å². The summed E-state index contributed by atoms with van der Waals surface area (Å²) in [4.78, 5) is 27.9. The number of aromatic nitrogens is 1. The maximum absolute atomic E-state index is 13.4. The summed E-state index contributed by atoms with van der Waals surface area (Å²) in [5.74, 6) is -0.281. The SMILES string of the molecule is Cc1cccc(C(=O)Nc2ccc(C(=O)N3Cc4ccc(Cl)n4-c4ccccc43)cc2)c1C. The summed E-state index contributed by atoms with van der Waals surface area (Å²) >= 11 is 6.38. The highest BCUT2D eigenvalue weighted by molar-refractivity contribution is 6.30. The molecular formula is C27H22ClN3O2. The first kappa shape index (κ1) is 21.0. The number of aryl methyl sites for hydroxylation is 1. The molecule has 0 spiro atoms. The van der Waals surface area contributed by atoms with Crippen molar-refractivity contribution >= 4 is 34.8 Å². The maximum atomic E-state index is 13.4. The Morgan fingerprint density at radius 2 is 1.58 bits per heavy atom. The molecule has 2 amide bonds. The van der Waals surface area contributed by atoms with Crippen LogP contribution in [0, 0.1) is 13.8 Å². The van der Waals surface area contributed by atoms with E-state index in [0.29, 0.717) is 28.5 Å². The molecule has 0 unspecified atom stereocenters. The van der Waals surface area contributed by atoms with Crippen LogP contribution in [0.15, 0.2) is 78.9 Å². The molecule has 0 aliphatic carbocycles. The highest BCUT2D eigenvalue weighted by Crippen LogP contribution is 2.36. The predicted molar refractivity (Wildman–Crippen MR) is 132 cm³/mol. The Morgan fingerprint density at radius 3 is 2.33 bits per heavy atom. The lowest BCUT2D eigenvalue weighted by molar-refractivity contribution is 0.0982.